The first-order valence-corrected chi connectivity index (χ1v) is 5.42. The van der Waals surface area contributed by atoms with Gasteiger partial charge in [-0.2, -0.15) is 0 Å². The van der Waals surface area contributed by atoms with Crippen LogP contribution in [0, 0.1) is 6.92 Å². The van der Waals surface area contributed by atoms with Gasteiger partial charge in [0.1, 0.15) is 5.84 Å². The van der Waals surface area contributed by atoms with Crippen LogP contribution >= 0.6 is 0 Å². The van der Waals surface area contributed by atoms with Gasteiger partial charge in [0.2, 0.25) is 0 Å². The summed E-state index contributed by atoms with van der Waals surface area (Å²) in [6.45, 7) is 2.03. The number of nitrogens with two attached hydrogens (primary N) is 2. The Balaban J connectivity index is 2.34. The van der Waals surface area contributed by atoms with Crippen LogP contribution in [-0.4, -0.2) is 5.84 Å². The van der Waals surface area contributed by atoms with E-state index < -0.39 is 0 Å². The fraction of sp³-hybridized carbons (Fsp3) is 0.0714. The van der Waals surface area contributed by atoms with Gasteiger partial charge in [-0.25, -0.2) is 4.99 Å². The van der Waals surface area contributed by atoms with Crippen LogP contribution in [0.2, 0.25) is 0 Å². The molecule has 2 rings (SSSR count). The maximum atomic E-state index is 5.94. The summed E-state index contributed by atoms with van der Waals surface area (Å²) in [6, 6.07) is 15.3. The van der Waals surface area contributed by atoms with Crippen LogP contribution in [0.15, 0.2) is 53.5 Å². The second-order valence-electron chi connectivity index (χ2n) is 3.92. The summed E-state index contributed by atoms with van der Waals surface area (Å²) >= 11 is 0. The highest BCUT2D eigenvalue weighted by atomic mass is 14.9. The van der Waals surface area contributed by atoms with Crippen LogP contribution in [0.5, 0.6) is 0 Å². The molecule has 0 radical (unpaired) electrons. The minimum Gasteiger partial charge on any atom is -0.398 e. The lowest BCUT2D eigenvalue weighted by Gasteiger charge is -2.04. The standard InChI is InChI=1S/C14H15N3/c1-10-6-8-11(9-7-10)17-14(16)12-4-2-3-5-13(12)15/h2-9H,15H2,1H3,(H2,16,17). The number of hydrogen-bond donors (Lipinski definition) is 2. The quantitative estimate of drug-likeness (QED) is 0.469. The van der Waals surface area contributed by atoms with Crippen LogP contribution in [0.25, 0.3) is 0 Å². The summed E-state index contributed by atoms with van der Waals surface area (Å²) in [5.74, 6) is 0.437. The largest absolute Gasteiger partial charge is 0.398 e. The summed E-state index contributed by atoms with van der Waals surface area (Å²) in [4.78, 5) is 4.35. The molecule has 17 heavy (non-hydrogen) atoms. The highest BCUT2D eigenvalue weighted by molar-refractivity contribution is 6.03. The van der Waals surface area contributed by atoms with Crippen LogP contribution in [0.4, 0.5) is 11.4 Å². The highest BCUT2D eigenvalue weighted by Crippen LogP contribution is 2.16. The summed E-state index contributed by atoms with van der Waals surface area (Å²) in [5, 5.41) is 0. The molecular weight excluding hydrogens is 210 g/mol. The fourth-order valence-corrected chi connectivity index (χ4v) is 1.55. The van der Waals surface area contributed by atoms with Gasteiger partial charge >= 0.3 is 0 Å². The number of hydrogen-bond acceptors (Lipinski definition) is 2. The van der Waals surface area contributed by atoms with Crippen molar-refractivity contribution >= 4 is 17.2 Å². The number of aliphatic imine (C=N–C) groups is 1. The lowest BCUT2D eigenvalue weighted by molar-refractivity contribution is 1.41. The van der Waals surface area contributed by atoms with Crippen molar-refractivity contribution < 1.29 is 0 Å². The van der Waals surface area contributed by atoms with Gasteiger partial charge in [-0.05, 0) is 31.2 Å². The third-order valence-electron chi connectivity index (χ3n) is 2.52. The van der Waals surface area contributed by atoms with Crippen molar-refractivity contribution in [1.29, 1.82) is 0 Å². The summed E-state index contributed by atoms with van der Waals surface area (Å²) in [5.41, 5.74) is 15.2. The van der Waals surface area contributed by atoms with Crippen molar-refractivity contribution in [2.75, 3.05) is 5.73 Å². The Hall–Kier alpha value is -2.29. The first-order chi connectivity index (χ1) is 8.16. The molecule has 2 aromatic rings. The SMILES string of the molecule is Cc1ccc(N=C(N)c2ccccc2N)cc1. The number of benzene rings is 2. The number of nitrogen functional groups attached to an aromatic ring is 1. The molecule has 0 atom stereocenters. The van der Waals surface area contributed by atoms with E-state index in [1.807, 2.05) is 55.5 Å². The van der Waals surface area contributed by atoms with Crippen molar-refractivity contribution in [3.8, 4) is 0 Å². The minimum absolute atomic E-state index is 0.437. The predicted molar refractivity (Wildman–Crippen MR) is 72.4 cm³/mol. The fourth-order valence-electron chi connectivity index (χ4n) is 1.55. The summed E-state index contributed by atoms with van der Waals surface area (Å²) in [7, 11) is 0. The Morgan fingerprint density at radius 3 is 2.29 bits per heavy atom. The van der Waals surface area contributed by atoms with E-state index in [2.05, 4.69) is 4.99 Å². The monoisotopic (exact) mass is 225 g/mol. The summed E-state index contributed by atoms with van der Waals surface area (Å²) < 4.78 is 0. The topological polar surface area (TPSA) is 64.4 Å². The van der Waals surface area contributed by atoms with E-state index in [1.165, 1.54) is 5.56 Å². The Kier molecular flexibility index (Phi) is 3.10. The Labute approximate surface area is 101 Å². The van der Waals surface area contributed by atoms with Crippen LogP contribution in [-0.2, 0) is 0 Å². The van der Waals surface area contributed by atoms with E-state index in [0.717, 1.165) is 11.3 Å². The smallest absolute Gasteiger partial charge is 0.133 e. The molecule has 0 heterocycles. The van der Waals surface area contributed by atoms with Gasteiger partial charge in [-0.15, -0.1) is 0 Å². The summed E-state index contributed by atoms with van der Waals surface area (Å²) in [6.07, 6.45) is 0. The maximum absolute atomic E-state index is 5.94. The molecule has 0 unspecified atom stereocenters. The molecule has 2 aromatic carbocycles. The van der Waals surface area contributed by atoms with E-state index >= 15 is 0 Å². The van der Waals surface area contributed by atoms with Gasteiger partial charge < -0.3 is 11.5 Å². The van der Waals surface area contributed by atoms with E-state index in [9.17, 15) is 0 Å². The first kappa shape index (κ1) is 11.2. The zero-order chi connectivity index (χ0) is 12.3. The number of amidine groups is 1. The molecule has 0 spiro atoms. The first-order valence-electron chi connectivity index (χ1n) is 5.42. The zero-order valence-electron chi connectivity index (χ0n) is 9.72. The van der Waals surface area contributed by atoms with Gasteiger partial charge in [0.25, 0.3) is 0 Å². The van der Waals surface area contributed by atoms with Crippen molar-refractivity contribution in [1.82, 2.24) is 0 Å². The molecule has 0 saturated carbocycles. The number of nitrogens with zero attached hydrogens (tertiary/aromatic N) is 1. The molecule has 4 N–H and O–H groups in total. The predicted octanol–water partition coefficient (Wildman–Crippen LogP) is 2.61. The van der Waals surface area contributed by atoms with Crippen molar-refractivity contribution in [2.24, 2.45) is 10.7 Å². The van der Waals surface area contributed by atoms with E-state index in [0.29, 0.717) is 11.5 Å². The minimum atomic E-state index is 0.437. The second-order valence-corrected chi connectivity index (χ2v) is 3.92. The number of para-hydroxylation sites is 1. The second kappa shape index (κ2) is 4.70. The average molecular weight is 225 g/mol. The zero-order valence-corrected chi connectivity index (χ0v) is 9.72. The lowest BCUT2D eigenvalue weighted by Crippen LogP contribution is -2.14. The van der Waals surface area contributed by atoms with E-state index in [-0.39, 0.29) is 0 Å². The molecule has 0 aromatic heterocycles. The van der Waals surface area contributed by atoms with Crippen molar-refractivity contribution in [3.63, 3.8) is 0 Å². The van der Waals surface area contributed by atoms with Crippen LogP contribution in [0.1, 0.15) is 11.1 Å². The van der Waals surface area contributed by atoms with Crippen LogP contribution in [0.3, 0.4) is 0 Å². The number of anilines is 1. The molecule has 0 aliphatic carbocycles. The normalized spacial score (nSPS) is 11.5. The molecular formula is C14H15N3. The Bertz CT molecular complexity index is 542. The maximum Gasteiger partial charge on any atom is 0.133 e. The number of rotatable bonds is 2. The van der Waals surface area contributed by atoms with E-state index in [4.69, 9.17) is 11.5 Å². The van der Waals surface area contributed by atoms with Gasteiger partial charge in [0, 0.05) is 11.3 Å². The Morgan fingerprint density at radius 1 is 1.00 bits per heavy atom. The molecule has 3 nitrogen and oxygen atoms in total. The van der Waals surface area contributed by atoms with Gasteiger partial charge in [0.05, 0.1) is 5.69 Å². The third-order valence-corrected chi connectivity index (χ3v) is 2.52. The lowest BCUT2D eigenvalue weighted by atomic mass is 10.1. The van der Waals surface area contributed by atoms with Crippen molar-refractivity contribution in [2.45, 2.75) is 6.92 Å². The molecule has 0 aliphatic heterocycles. The Morgan fingerprint density at radius 2 is 1.65 bits per heavy atom. The molecule has 3 heteroatoms. The van der Waals surface area contributed by atoms with Gasteiger partial charge in [0.15, 0.2) is 0 Å². The van der Waals surface area contributed by atoms with E-state index in [1.54, 1.807) is 0 Å². The highest BCUT2D eigenvalue weighted by Gasteiger charge is 2.02. The number of aryl methyl sites for hydroxylation is 1. The molecule has 86 valence electrons. The van der Waals surface area contributed by atoms with Gasteiger partial charge in [-0.1, -0.05) is 29.8 Å². The molecule has 0 amide bonds. The van der Waals surface area contributed by atoms with Crippen LogP contribution < -0.4 is 11.5 Å². The molecule has 0 saturated heterocycles. The third kappa shape index (κ3) is 2.64. The molecule has 0 bridgehead atoms. The molecule has 0 fully saturated rings. The molecule has 0 aliphatic rings. The van der Waals surface area contributed by atoms with Gasteiger partial charge in [-0.3, -0.25) is 0 Å². The van der Waals surface area contributed by atoms with Crippen molar-refractivity contribution in [3.05, 3.63) is 59.7 Å². The average Bonchev–Trinajstić information content (AvgIpc) is 2.32.